The molecule has 7 rings (SSSR count). The third kappa shape index (κ3) is 2.85. The van der Waals surface area contributed by atoms with E-state index in [1.165, 1.54) is 54.9 Å². The molecule has 1 unspecified atom stereocenters. The highest BCUT2D eigenvalue weighted by atomic mass is 14.7. The Balaban J connectivity index is 1.63. The van der Waals surface area contributed by atoms with Crippen molar-refractivity contribution in [2.75, 3.05) is 0 Å². The zero-order valence-electron chi connectivity index (χ0n) is 19.5. The summed E-state index contributed by atoms with van der Waals surface area (Å²) in [5, 5.41) is 3.84. The Bertz CT molecular complexity index is 1690. The summed E-state index contributed by atoms with van der Waals surface area (Å²) >= 11 is 0. The molecular weight excluding hydrogens is 412 g/mol. The lowest BCUT2D eigenvalue weighted by molar-refractivity contribution is 0.428. The Kier molecular flexibility index (Phi) is 4.05. The average Bonchev–Trinajstić information content (AvgIpc) is 3.40. The minimum Gasteiger partial charge on any atom is -0.354 e. The van der Waals surface area contributed by atoms with E-state index in [2.05, 4.69) is 104 Å². The molecule has 0 radical (unpaired) electrons. The molecule has 0 spiro atoms. The first-order valence-corrected chi connectivity index (χ1v) is 12.1. The maximum absolute atomic E-state index is 4.80. The van der Waals surface area contributed by atoms with Crippen molar-refractivity contribution in [3.05, 3.63) is 112 Å². The van der Waals surface area contributed by atoms with Gasteiger partial charge in [0.05, 0.1) is 11.2 Å². The van der Waals surface area contributed by atoms with Crippen molar-refractivity contribution < 1.29 is 0 Å². The Morgan fingerprint density at radius 3 is 2.50 bits per heavy atom. The molecule has 34 heavy (non-hydrogen) atoms. The van der Waals surface area contributed by atoms with E-state index in [0.717, 1.165) is 12.1 Å². The molecular formula is C32H26N2. The SMILES string of the molecule is CC1(C)C=c2[nH]c3c(-c4ccccn4)c4c(cc3c2C(c2ccccc2)C1)-c1ccccc1C=4. The Hall–Kier alpha value is -3.91. The van der Waals surface area contributed by atoms with Crippen LogP contribution in [0.3, 0.4) is 0 Å². The molecule has 5 aromatic rings. The number of fused-ring (bicyclic) bond motifs is 6. The number of aromatic nitrogens is 2. The third-order valence-electron chi connectivity index (χ3n) is 7.50. The van der Waals surface area contributed by atoms with Crippen molar-refractivity contribution in [3.8, 4) is 22.4 Å². The van der Waals surface area contributed by atoms with Crippen LogP contribution >= 0.6 is 0 Å². The van der Waals surface area contributed by atoms with Gasteiger partial charge < -0.3 is 4.98 Å². The summed E-state index contributed by atoms with van der Waals surface area (Å²) in [6.45, 7) is 4.70. The number of benzene rings is 3. The van der Waals surface area contributed by atoms with Crippen LogP contribution in [0.5, 0.6) is 0 Å². The molecule has 1 N–H and O–H groups in total. The largest absolute Gasteiger partial charge is 0.354 e. The fraction of sp³-hybridized carbons (Fsp3) is 0.156. The van der Waals surface area contributed by atoms with Crippen LogP contribution < -0.4 is 10.6 Å². The minimum atomic E-state index is 0.112. The molecule has 0 amide bonds. The molecule has 1 atom stereocenters. The summed E-state index contributed by atoms with van der Waals surface area (Å²) in [4.78, 5) is 8.68. The predicted molar refractivity (Wildman–Crippen MR) is 141 cm³/mol. The van der Waals surface area contributed by atoms with Crippen molar-refractivity contribution in [2.45, 2.75) is 26.2 Å². The molecule has 2 aliphatic carbocycles. The van der Waals surface area contributed by atoms with E-state index in [-0.39, 0.29) is 5.41 Å². The topological polar surface area (TPSA) is 28.7 Å². The molecule has 2 nitrogen and oxygen atoms in total. The van der Waals surface area contributed by atoms with Crippen LogP contribution in [-0.2, 0) is 0 Å². The van der Waals surface area contributed by atoms with Gasteiger partial charge in [-0.15, -0.1) is 0 Å². The summed E-state index contributed by atoms with van der Waals surface area (Å²) in [5.74, 6) is 0.347. The van der Waals surface area contributed by atoms with Crippen LogP contribution in [0.15, 0.2) is 85.1 Å². The maximum atomic E-state index is 4.80. The van der Waals surface area contributed by atoms with Gasteiger partial charge in [0, 0.05) is 28.4 Å². The van der Waals surface area contributed by atoms with Crippen LogP contribution in [0, 0.1) is 5.41 Å². The quantitative estimate of drug-likeness (QED) is 0.334. The van der Waals surface area contributed by atoms with E-state index >= 15 is 0 Å². The van der Waals surface area contributed by atoms with Crippen molar-refractivity contribution in [2.24, 2.45) is 5.41 Å². The van der Waals surface area contributed by atoms with E-state index in [0.29, 0.717) is 5.92 Å². The highest BCUT2D eigenvalue weighted by molar-refractivity contribution is 6.03. The van der Waals surface area contributed by atoms with Gasteiger partial charge in [0.2, 0.25) is 0 Å². The first kappa shape index (κ1) is 19.5. The number of rotatable bonds is 2. The molecule has 0 saturated carbocycles. The van der Waals surface area contributed by atoms with Gasteiger partial charge >= 0.3 is 0 Å². The van der Waals surface area contributed by atoms with Crippen LogP contribution in [0.1, 0.15) is 42.9 Å². The van der Waals surface area contributed by atoms with Gasteiger partial charge in [0.25, 0.3) is 0 Å². The van der Waals surface area contributed by atoms with Gasteiger partial charge in [-0.05, 0) is 69.1 Å². The number of nitrogens with one attached hydrogen (secondary N) is 1. The highest BCUT2D eigenvalue weighted by Gasteiger charge is 2.32. The number of hydrogen-bond acceptors (Lipinski definition) is 1. The number of nitrogens with zero attached hydrogens (tertiary/aromatic N) is 1. The molecule has 2 heterocycles. The molecule has 0 aliphatic heterocycles. The second kappa shape index (κ2) is 7.04. The van der Waals surface area contributed by atoms with Crippen molar-refractivity contribution >= 4 is 23.1 Å². The van der Waals surface area contributed by atoms with Crippen LogP contribution in [-0.4, -0.2) is 9.97 Å². The fourth-order valence-corrected chi connectivity index (χ4v) is 6.10. The number of aromatic amines is 1. The Morgan fingerprint density at radius 1 is 0.882 bits per heavy atom. The average molecular weight is 439 g/mol. The van der Waals surface area contributed by atoms with Gasteiger partial charge in [0.15, 0.2) is 0 Å². The first-order valence-electron chi connectivity index (χ1n) is 12.1. The summed E-state index contributed by atoms with van der Waals surface area (Å²) in [6.07, 6.45) is 7.76. The number of pyridine rings is 1. The number of H-pyrrole nitrogens is 1. The van der Waals surface area contributed by atoms with E-state index in [1.54, 1.807) is 0 Å². The molecule has 2 heteroatoms. The van der Waals surface area contributed by atoms with E-state index in [9.17, 15) is 0 Å². The van der Waals surface area contributed by atoms with E-state index in [4.69, 9.17) is 4.98 Å². The summed E-state index contributed by atoms with van der Waals surface area (Å²) in [5.41, 5.74) is 10.2. The van der Waals surface area contributed by atoms with Gasteiger partial charge in [0.1, 0.15) is 0 Å². The van der Waals surface area contributed by atoms with Crippen molar-refractivity contribution in [3.63, 3.8) is 0 Å². The molecule has 0 fully saturated rings. The zero-order valence-corrected chi connectivity index (χ0v) is 19.5. The third-order valence-corrected chi connectivity index (χ3v) is 7.50. The Morgan fingerprint density at radius 2 is 1.68 bits per heavy atom. The number of hydrogen-bond donors (Lipinski definition) is 1. The van der Waals surface area contributed by atoms with Gasteiger partial charge in [-0.2, -0.15) is 0 Å². The summed E-state index contributed by atoms with van der Waals surface area (Å²) in [6, 6.07) is 28.4. The highest BCUT2D eigenvalue weighted by Crippen LogP contribution is 2.44. The van der Waals surface area contributed by atoms with E-state index < -0.39 is 0 Å². The summed E-state index contributed by atoms with van der Waals surface area (Å²) < 4.78 is 0. The molecule has 0 bridgehead atoms. The molecule has 164 valence electrons. The van der Waals surface area contributed by atoms with E-state index in [1.807, 2.05) is 12.3 Å². The summed E-state index contributed by atoms with van der Waals surface area (Å²) in [7, 11) is 0. The lowest BCUT2D eigenvalue weighted by Crippen LogP contribution is -2.27. The molecule has 2 aliphatic rings. The first-order chi connectivity index (χ1) is 16.6. The van der Waals surface area contributed by atoms with Gasteiger partial charge in [-0.25, -0.2) is 0 Å². The van der Waals surface area contributed by atoms with Crippen LogP contribution in [0.2, 0.25) is 0 Å². The normalized spacial score (nSPS) is 17.4. The smallest absolute Gasteiger partial charge is 0.0729 e. The molecule has 2 aromatic heterocycles. The standard InChI is InChI=1S/C32H26N2/c1-32(2)18-26(20-10-4-3-5-11-20)29-25-17-23-22-13-7-6-12-21(22)16-24(23)30(27-14-8-9-15-33-27)31(25)34-28(29)19-32/h3-17,19,26,34H,18H2,1-2H3. The van der Waals surface area contributed by atoms with Crippen LogP contribution in [0.25, 0.3) is 45.4 Å². The monoisotopic (exact) mass is 438 g/mol. The maximum Gasteiger partial charge on any atom is 0.0729 e. The Labute approximate surface area is 199 Å². The van der Waals surface area contributed by atoms with Crippen molar-refractivity contribution in [1.82, 2.24) is 9.97 Å². The van der Waals surface area contributed by atoms with Crippen LogP contribution in [0.4, 0.5) is 0 Å². The van der Waals surface area contributed by atoms with Crippen molar-refractivity contribution in [1.29, 1.82) is 0 Å². The van der Waals surface area contributed by atoms with Gasteiger partial charge in [-0.1, -0.05) is 80.6 Å². The molecule has 3 aromatic carbocycles. The zero-order chi connectivity index (χ0) is 22.9. The second-order valence-corrected chi connectivity index (χ2v) is 10.3. The second-order valence-electron chi connectivity index (χ2n) is 10.3. The molecule has 0 saturated heterocycles. The fourth-order valence-electron chi connectivity index (χ4n) is 6.10. The predicted octanol–water partition coefficient (Wildman–Crippen LogP) is 6.38. The minimum absolute atomic E-state index is 0.112. The lowest BCUT2D eigenvalue weighted by atomic mass is 9.72. The lowest BCUT2D eigenvalue weighted by Gasteiger charge is -2.31. The van der Waals surface area contributed by atoms with Gasteiger partial charge in [-0.3, -0.25) is 4.98 Å².